The Morgan fingerprint density at radius 1 is 1.06 bits per heavy atom. The van der Waals surface area contributed by atoms with Crippen LogP contribution in [0.15, 0.2) is 48.5 Å². The fraction of sp³-hybridized carbons (Fsp3) is 0.481. The van der Waals surface area contributed by atoms with Crippen LogP contribution in [0.4, 0.5) is 0 Å². The summed E-state index contributed by atoms with van der Waals surface area (Å²) in [5.41, 5.74) is 3.36. The largest absolute Gasteiger partial charge is 0.484 e. The second kappa shape index (κ2) is 11.7. The normalized spacial score (nSPS) is 14.7. The molecule has 1 N–H and O–H groups in total. The highest BCUT2D eigenvalue weighted by atomic mass is 16.5. The van der Waals surface area contributed by atoms with E-state index >= 15 is 0 Å². The summed E-state index contributed by atoms with van der Waals surface area (Å²) in [5, 5.41) is 3.18. The Kier molecular flexibility index (Phi) is 8.72. The Morgan fingerprint density at radius 3 is 2.41 bits per heavy atom. The zero-order valence-corrected chi connectivity index (χ0v) is 19.6. The lowest BCUT2D eigenvalue weighted by Crippen LogP contribution is -2.52. The number of rotatable bonds is 10. The number of benzene rings is 2. The summed E-state index contributed by atoms with van der Waals surface area (Å²) in [6, 6.07) is 15.6. The zero-order valence-electron chi connectivity index (χ0n) is 19.6. The van der Waals surface area contributed by atoms with Crippen molar-refractivity contribution in [3.63, 3.8) is 0 Å². The van der Waals surface area contributed by atoms with E-state index in [-0.39, 0.29) is 24.5 Å². The van der Waals surface area contributed by atoms with Crippen LogP contribution < -0.4 is 10.1 Å². The van der Waals surface area contributed by atoms with Crippen LogP contribution in [0.25, 0.3) is 0 Å². The van der Waals surface area contributed by atoms with Gasteiger partial charge >= 0.3 is 0 Å². The van der Waals surface area contributed by atoms with E-state index in [1.54, 1.807) is 4.90 Å². The lowest BCUT2D eigenvalue weighted by atomic mass is 10.1. The SMILES string of the molecule is CCc1ccc(OCC(=O)N(Cc2cccc(C)c2)C(CC)C(=O)NC2CCCC2)cc1. The van der Waals surface area contributed by atoms with Crippen molar-refractivity contribution in [2.45, 2.75) is 77.9 Å². The molecule has 32 heavy (non-hydrogen) atoms. The minimum absolute atomic E-state index is 0.0623. The highest BCUT2D eigenvalue weighted by Gasteiger charge is 2.30. The van der Waals surface area contributed by atoms with E-state index in [2.05, 4.69) is 18.3 Å². The van der Waals surface area contributed by atoms with Crippen LogP contribution in [0.5, 0.6) is 5.75 Å². The van der Waals surface area contributed by atoms with Gasteiger partial charge < -0.3 is 15.0 Å². The number of aryl methyl sites for hydroxylation is 2. The summed E-state index contributed by atoms with van der Waals surface area (Å²) < 4.78 is 5.79. The van der Waals surface area contributed by atoms with E-state index in [1.165, 1.54) is 5.56 Å². The van der Waals surface area contributed by atoms with Crippen molar-refractivity contribution >= 4 is 11.8 Å². The van der Waals surface area contributed by atoms with Crippen molar-refractivity contribution in [3.8, 4) is 5.75 Å². The maximum Gasteiger partial charge on any atom is 0.261 e. The van der Waals surface area contributed by atoms with Gasteiger partial charge in [-0.2, -0.15) is 0 Å². The van der Waals surface area contributed by atoms with E-state index < -0.39 is 6.04 Å². The van der Waals surface area contributed by atoms with E-state index in [0.717, 1.165) is 43.2 Å². The molecular weight excluding hydrogens is 400 g/mol. The van der Waals surface area contributed by atoms with Gasteiger partial charge in [0, 0.05) is 12.6 Å². The summed E-state index contributed by atoms with van der Waals surface area (Å²) >= 11 is 0. The standard InChI is InChI=1S/C27H36N2O3/c1-4-21-13-15-24(16-14-21)32-19-26(30)29(18-22-10-8-9-20(3)17-22)25(5-2)27(31)28-23-11-6-7-12-23/h8-10,13-17,23,25H,4-7,11-12,18-19H2,1-3H3,(H,28,31). The number of nitrogens with zero attached hydrogens (tertiary/aromatic N) is 1. The molecule has 0 radical (unpaired) electrons. The van der Waals surface area contributed by atoms with Gasteiger partial charge in [0.25, 0.3) is 5.91 Å². The Bertz CT molecular complexity index is 888. The molecule has 0 heterocycles. The van der Waals surface area contributed by atoms with Crippen LogP contribution in [-0.2, 0) is 22.6 Å². The quantitative estimate of drug-likeness (QED) is 0.582. The first-order valence-corrected chi connectivity index (χ1v) is 11.9. The van der Waals surface area contributed by atoms with E-state index in [1.807, 2.05) is 56.3 Å². The third kappa shape index (κ3) is 6.59. The van der Waals surface area contributed by atoms with Crippen molar-refractivity contribution in [2.75, 3.05) is 6.61 Å². The van der Waals surface area contributed by atoms with Gasteiger partial charge in [-0.05, 0) is 55.9 Å². The van der Waals surface area contributed by atoms with Crippen LogP contribution in [-0.4, -0.2) is 35.4 Å². The molecule has 5 heteroatoms. The van der Waals surface area contributed by atoms with E-state index in [0.29, 0.717) is 18.7 Å². The van der Waals surface area contributed by atoms with Gasteiger partial charge in [-0.15, -0.1) is 0 Å². The molecule has 0 aliphatic heterocycles. The first-order chi connectivity index (χ1) is 15.5. The fourth-order valence-corrected chi connectivity index (χ4v) is 4.34. The van der Waals surface area contributed by atoms with Crippen molar-refractivity contribution in [1.82, 2.24) is 10.2 Å². The molecule has 1 aliphatic carbocycles. The number of nitrogens with one attached hydrogen (secondary N) is 1. The van der Waals surface area contributed by atoms with E-state index in [4.69, 9.17) is 4.74 Å². The molecule has 1 aliphatic rings. The molecule has 5 nitrogen and oxygen atoms in total. The predicted molar refractivity (Wildman–Crippen MR) is 128 cm³/mol. The highest BCUT2D eigenvalue weighted by molar-refractivity contribution is 5.88. The number of amides is 2. The summed E-state index contributed by atoms with van der Waals surface area (Å²) in [5.74, 6) is 0.418. The van der Waals surface area contributed by atoms with Gasteiger partial charge in [-0.25, -0.2) is 0 Å². The van der Waals surface area contributed by atoms with Gasteiger partial charge in [0.2, 0.25) is 5.91 Å². The molecule has 2 aromatic carbocycles. The number of hydrogen-bond acceptors (Lipinski definition) is 3. The van der Waals surface area contributed by atoms with Gasteiger partial charge in [0.15, 0.2) is 6.61 Å². The molecule has 172 valence electrons. The summed E-state index contributed by atoms with van der Waals surface area (Å²) in [7, 11) is 0. The van der Waals surface area contributed by atoms with Crippen molar-refractivity contribution in [2.24, 2.45) is 0 Å². The number of hydrogen-bond donors (Lipinski definition) is 1. The fourth-order valence-electron chi connectivity index (χ4n) is 4.34. The average Bonchev–Trinajstić information content (AvgIpc) is 3.30. The van der Waals surface area contributed by atoms with Gasteiger partial charge in [0.1, 0.15) is 11.8 Å². The summed E-state index contributed by atoms with van der Waals surface area (Å²) in [6.07, 6.45) is 5.85. The van der Waals surface area contributed by atoms with Gasteiger partial charge in [0.05, 0.1) is 0 Å². The highest BCUT2D eigenvalue weighted by Crippen LogP contribution is 2.20. The van der Waals surface area contributed by atoms with Crippen molar-refractivity contribution in [3.05, 3.63) is 65.2 Å². The van der Waals surface area contributed by atoms with E-state index in [9.17, 15) is 9.59 Å². The lowest BCUT2D eigenvalue weighted by Gasteiger charge is -2.31. The Labute approximate surface area is 192 Å². The lowest BCUT2D eigenvalue weighted by molar-refractivity contribution is -0.143. The smallest absolute Gasteiger partial charge is 0.261 e. The second-order valence-corrected chi connectivity index (χ2v) is 8.71. The maximum atomic E-state index is 13.3. The summed E-state index contributed by atoms with van der Waals surface area (Å²) in [6.45, 7) is 6.38. The molecular formula is C27H36N2O3. The first-order valence-electron chi connectivity index (χ1n) is 11.9. The van der Waals surface area contributed by atoms with Crippen LogP contribution in [0.1, 0.15) is 62.6 Å². The Balaban J connectivity index is 1.74. The van der Waals surface area contributed by atoms with Crippen LogP contribution in [0.3, 0.4) is 0 Å². The molecule has 3 rings (SSSR count). The van der Waals surface area contributed by atoms with Crippen molar-refractivity contribution < 1.29 is 14.3 Å². The molecule has 2 aromatic rings. The maximum absolute atomic E-state index is 13.3. The molecule has 0 spiro atoms. The third-order valence-electron chi connectivity index (χ3n) is 6.22. The molecule has 0 saturated heterocycles. The molecule has 2 amide bonds. The zero-order chi connectivity index (χ0) is 22.9. The second-order valence-electron chi connectivity index (χ2n) is 8.71. The van der Waals surface area contributed by atoms with Crippen LogP contribution in [0.2, 0.25) is 0 Å². The summed E-state index contributed by atoms with van der Waals surface area (Å²) in [4.78, 5) is 28.1. The molecule has 1 atom stereocenters. The monoisotopic (exact) mass is 436 g/mol. The minimum atomic E-state index is -0.519. The number of carbonyl (C=O) groups is 2. The van der Waals surface area contributed by atoms with Crippen LogP contribution in [0, 0.1) is 6.92 Å². The Morgan fingerprint density at radius 2 is 1.78 bits per heavy atom. The molecule has 0 bridgehead atoms. The Hall–Kier alpha value is -2.82. The topological polar surface area (TPSA) is 58.6 Å². The molecule has 1 fully saturated rings. The minimum Gasteiger partial charge on any atom is -0.484 e. The van der Waals surface area contributed by atoms with Crippen LogP contribution >= 0.6 is 0 Å². The third-order valence-corrected chi connectivity index (χ3v) is 6.22. The number of carbonyl (C=O) groups excluding carboxylic acids is 2. The molecule has 0 aromatic heterocycles. The first kappa shape index (κ1) is 23.8. The number of ether oxygens (including phenoxy) is 1. The van der Waals surface area contributed by atoms with Crippen molar-refractivity contribution in [1.29, 1.82) is 0 Å². The average molecular weight is 437 g/mol. The van der Waals surface area contributed by atoms with Gasteiger partial charge in [-0.3, -0.25) is 9.59 Å². The predicted octanol–water partition coefficient (Wildman–Crippen LogP) is 4.80. The molecule has 1 saturated carbocycles. The van der Waals surface area contributed by atoms with Gasteiger partial charge in [-0.1, -0.05) is 68.7 Å². The molecule has 1 unspecified atom stereocenters.